The first-order chi connectivity index (χ1) is 16.2. The topological polar surface area (TPSA) is 95.9 Å². The number of amides is 2. The Bertz CT molecular complexity index is 988. The second-order valence-corrected chi connectivity index (χ2v) is 9.47. The molecule has 2 aromatic rings. The number of benzene rings is 2. The zero-order valence-corrected chi connectivity index (χ0v) is 20.2. The number of alkyl carbamates (subject to hydrolysis) is 1. The first-order valence-corrected chi connectivity index (χ1v) is 11.8. The quantitative estimate of drug-likeness (QED) is 0.502. The molecule has 2 amide bonds. The normalized spacial score (nSPS) is 12.6. The number of rotatable bonds is 11. The van der Waals surface area contributed by atoms with Crippen LogP contribution < -0.4 is 5.32 Å². The minimum absolute atomic E-state index is 0.0212. The average molecular weight is 467 g/mol. The van der Waals surface area contributed by atoms with E-state index in [0.717, 1.165) is 0 Å². The Balaban J connectivity index is 1.44. The lowest BCUT2D eigenvalue weighted by atomic mass is 9.84. The summed E-state index contributed by atoms with van der Waals surface area (Å²) in [5.74, 6) is -1.16. The van der Waals surface area contributed by atoms with E-state index in [1.807, 2.05) is 38.1 Å². The van der Waals surface area contributed by atoms with E-state index in [1.54, 1.807) is 6.92 Å². The summed E-state index contributed by atoms with van der Waals surface area (Å²) in [5, 5.41) is 11.7. The second kappa shape index (κ2) is 11.2. The first kappa shape index (κ1) is 25.3. The van der Waals surface area contributed by atoms with Crippen LogP contribution in [0.5, 0.6) is 0 Å². The molecular weight excluding hydrogens is 432 g/mol. The van der Waals surface area contributed by atoms with Gasteiger partial charge in [-0.2, -0.15) is 0 Å². The molecule has 182 valence electrons. The Morgan fingerprint density at radius 1 is 1.00 bits per heavy atom. The van der Waals surface area contributed by atoms with Crippen LogP contribution >= 0.6 is 0 Å². The summed E-state index contributed by atoms with van der Waals surface area (Å²) >= 11 is 0. The summed E-state index contributed by atoms with van der Waals surface area (Å²) < 4.78 is 5.57. The number of nitrogens with zero attached hydrogens (tertiary/aromatic N) is 1. The highest BCUT2D eigenvalue weighted by Crippen LogP contribution is 2.44. The standard InChI is InChI=1S/C27H34N2O5/c1-4-29(17-25(31)32)24(30)13-14-27(2,3)15-16-28-26(33)34-18-23-21-11-7-5-9-19(21)20-10-6-8-12-22(20)23/h5-12,23H,4,13-18H2,1-3H3,(H,28,33)(H,31,32). The van der Waals surface area contributed by atoms with Crippen LogP contribution in [0.25, 0.3) is 11.1 Å². The average Bonchev–Trinajstić information content (AvgIpc) is 3.13. The number of hydrogen-bond acceptors (Lipinski definition) is 4. The molecule has 7 nitrogen and oxygen atoms in total. The summed E-state index contributed by atoms with van der Waals surface area (Å²) in [5.41, 5.74) is 4.54. The molecule has 7 heteroatoms. The third-order valence-corrected chi connectivity index (χ3v) is 6.49. The van der Waals surface area contributed by atoms with Crippen molar-refractivity contribution in [2.24, 2.45) is 5.41 Å². The Labute approximate surface area is 201 Å². The van der Waals surface area contributed by atoms with Gasteiger partial charge in [0, 0.05) is 25.4 Å². The van der Waals surface area contributed by atoms with Gasteiger partial charge in [0.25, 0.3) is 0 Å². The highest BCUT2D eigenvalue weighted by Gasteiger charge is 2.29. The van der Waals surface area contributed by atoms with Crippen LogP contribution in [0.1, 0.15) is 57.1 Å². The zero-order chi connectivity index (χ0) is 24.7. The first-order valence-electron chi connectivity index (χ1n) is 11.8. The van der Waals surface area contributed by atoms with Crippen LogP contribution in [-0.2, 0) is 14.3 Å². The van der Waals surface area contributed by atoms with Gasteiger partial charge in [0.05, 0.1) is 0 Å². The molecule has 0 aromatic heterocycles. The SMILES string of the molecule is CCN(CC(=O)O)C(=O)CCC(C)(C)CCNC(=O)OCC1c2ccccc2-c2ccccc21. The Hall–Kier alpha value is -3.35. The van der Waals surface area contributed by atoms with Gasteiger partial charge in [-0.25, -0.2) is 4.79 Å². The van der Waals surface area contributed by atoms with Crippen molar-refractivity contribution in [3.63, 3.8) is 0 Å². The van der Waals surface area contributed by atoms with Gasteiger partial charge in [0.1, 0.15) is 13.2 Å². The second-order valence-electron chi connectivity index (χ2n) is 9.47. The molecule has 0 saturated heterocycles. The molecule has 0 spiro atoms. The minimum atomic E-state index is -1.01. The lowest BCUT2D eigenvalue weighted by Crippen LogP contribution is -2.36. The molecule has 0 atom stereocenters. The molecule has 0 heterocycles. The van der Waals surface area contributed by atoms with Gasteiger partial charge in [0.15, 0.2) is 0 Å². The van der Waals surface area contributed by atoms with Crippen LogP contribution in [0.15, 0.2) is 48.5 Å². The van der Waals surface area contributed by atoms with Gasteiger partial charge in [0.2, 0.25) is 5.91 Å². The number of carboxylic acid groups (broad SMARTS) is 1. The van der Waals surface area contributed by atoms with E-state index in [9.17, 15) is 14.4 Å². The lowest BCUT2D eigenvalue weighted by molar-refractivity contribution is -0.144. The van der Waals surface area contributed by atoms with Crippen molar-refractivity contribution in [3.05, 3.63) is 59.7 Å². The van der Waals surface area contributed by atoms with Crippen molar-refractivity contribution in [1.29, 1.82) is 0 Å². The van der Waals surface area contributed by atoms with E-state index in [4.69, 9.17) is 9.84 Å². The fourth-order valence-electron chi connectivity index (χ4n) is 4.42. The van der Waals surface area contributed by atoms with Gasteiger partial charge < -0.3 is 20.1 Å². The number of hydrogen-bond donors (Lipinski definition) is 2. The van der Waals surface area contributed by atoms with Crippen molar-refractivity contribution in [2.45, 2.75) is 46.0 Å². The summed E-state index contributed by atoms with van der Waals surface area (Å²) in [7, 11) is 0. The van der Waals surface area contributed by atoms with E-state index in [2.05, 4.69) is 29.6 Å². The largest absolute Gasteiger partial charge is 0.480 e. The van der Waals surface area contributed by atoms with Crippen molar-refractivity contribution in [1.82, 2.24) is 10.2 Å². The molecule has 0 saturated carbocycles. The van der Waals surface area contributed by atoms with Crippen LogP contribution in [0.4, 0.5) is 4.79 Å². The molecular formula is C27H34N2O5. The number of fused-ring (bicyclic) bond motifs is 3. The van der Waals surface area contributed by atoms with Gasteiger partial charge in [-0.15, -0.1) is 0 Å². The molecule has 34 heavy (non-hydrogen) atoms. The summed E-state index contributed by atoms with van der Waals surface area (Å²) in [6, 6.07) is 16.4. The molecule has 0 fully saturated rings. The van der Waals surface area contributed by atoms with Crippen LogP contribution in [0.3, 0.4) is 0 Å². The molecule has 0 radical (unpaired) electrons. The molecule has 3 rings (SSSR count). The number of ether oxygens (including phenoxy) is 1. The smallest absolute Gasteiger partial charge is 0.407 e. The number of aliphatic carboxylic acids is 1. The maximum absolute atomic E-state index is 12.4. The third kappa shape index (κ3) is 6.37. The van der Waals surface area contributed by atoms with Crippen LogP contribution in [-0.4, -0.2) is 54.2 Å². The summed E-state index contributed by atoms with van der Waals surface area (Å²) in [4.78, 5) is 36.9. The van der Waals surface area contributed by atoms with Crippen molar-refractivity contribution in [2.75, 3.05) is 26.2 Å². The molecule has 1 aliphatic carbocycles. The van der Waals surface area contributed by atoms with Crippen LogP contribution in [0, 0.1) is 5.41 Å². The molecule has 1 aliphatic rings. The number of likely N-dealkylation sites (N-methyl/N-ethyl adjacent to an activating group) is 1. The zero-order valence-electron chi connectivity index (χ0n) is 20.2. The van der Waals surface area contributed by atoms with Crippen molar-refractivity contribution < 1.29 is 24.2 Å². The maximum atomic E-state index is 12.4. The molecule has 2 N–H and O–H groups in total. The van der Waals surface area contributed by atoms with Gasteiger partial charge in [-0.3, -0.25) is 9.59 Å². The Morgan fingerprint density at radius 2 is 1.59 bits per heavy atom. The highest BCUT2D eigenvalue weighted by molar-refractivity contribution is 5.81. The Morgan fingerprint density at radius 3 is 2.15 bits per heavy atom. The monoisotopic (exact) mass is 466 g/mol. The van der Waals surface area contributed by atoms with Crippen molar-refractivity contribution in [3.8, 4) is 11.1 Å². The molecule has 0 aliphatic heterocycles. The van der Waals surface area contributed by atoms with E-state index in [1.165, 1.54) is 27.2 Å². The predicted octanol–water partition coefficient (Wildman–Crippen LogP) is 4.65. The number of carbonyl (C=O) groups is 3. The van der Waals surface area contributed by atoms with E-state index < -0.39 is 12.1 Å². The molecule has 0 unspecified atom stereocenters. The number of carbonyl (C=O) groups excluding carboxylic acids is 2. The van der Waals surface area contributed by atoms with Gasteiger partial charge in [-0.05, 0) is 47.4 Å². The van der Waals surface area contributed by atoms with Crippen molar-refractivity contribution >= 4 is 18.0 Å². The van der Waals surface area contributed by atoms with Gasteiger partial charge >= 0.3 is 12.1 Å². The fourth-order valence-corrected chi connectivity index (χ4v) is 4.42. The number of carboxylic acids is 1. The minimum Gasteiger partial charge on any atom is -0.480 e. The fraction of sp³-hybridized carbons (Fsp3) is 0.444. The van der Waals surface area contributed by atoms with Crippen LogP contribution in [0.2, 0.25) is 0 Å². The highest BCUT2D eigenvalue weighted by atomic mass is 16.5. The van der Waals surface area contributed by atoms with E-state index in [-0.39, 0.29) is 36.8 Å². The summed E-state index contributed by atoms with van der Waals surface area (Å²) in [6.07, 6.45) is 1.11. The molecule has 0 bridgehead atoms. The third-order valence-electron chi connectivity index (χ3n) is 6.49. The summed E-state index contributed by atoms with van der Waals surface area (Å²) in [6.45, 7) is 6.64. The van der Waals surface area contributed by atoms with Gasteiger partial charge in [-0.1, -0.05) is 62.4 Å². The molecule has 2 aromatic carbocycles. The lowest BCUT2D eigenvalue weighted by Gasteiger charge is -2.26. The van der Waals surface area contributed by atoms with E-state index >= 15 is 0 Å². The van der Waals surface area contributed by atoms with E-state index in [0.29, 0.717) is 25.9 Å². The number of nitrogens with one attached hydrogen (secondary N) is 1. The maximum Gasteiger partial charge on any atom is 0.407 e. The Kier molecular flexibility index (Phi) is 8.31. The predicted molar refractivity (Wildman–Crippen MR) is 131 cm³/mol.